The molecule has 2 aromatic carbocycles. The number of benzene rings is 2. The van der Waals surface area contributed by atoms with Crippen LogP contribution in [0.1, 0.15) is 0 Å². The van der Waals surface area contributed by atoms with Gasteiger partial charge in [0.05, 0.1) is 34.8 Å². The molecular formula is C26H15N7S2. The Bertz CT molecular complexity index is 1800. The topological polar surface area (TPSA) is 82.3 Å². The fraction of sp³-hybridized carbons (Fsp3) is 0. The number of thiophene rings is 1. The number of para-hydroxylation sites is 1. The lowest BCUT2D eigenvalue weighted by Crippen LogP contribution is -1.98. The molecule has 0 atom stereocenters. The zero-order valence-corrected chi connectivity index (χ0v) is 19.7. The Morgan fingerprint density at radius 3 is 2.63 bits per heavy atom. The molecule has 0 saturated heterocycles. The molecule has 0 aliphatic rings. The van der Waals surface area contributed by atoms with E-state index in [4.69, 9.17) is 9.36 Å². The van der Waals surface area contributed by atoms with Crippen LogP contribution in [0.4, 0.5) is 0 Å². The molecule has 5 heterocycles. The highest BCUT2D eigenvalue weighted by Crippen LogP contribution is 2.43. The highest BCUT2D eigenvalue weighted by Gasteiger charge is 2.23. The lowest BCUT2D eigenvalue weighted by molar-refractivity contribution is 1.04. The summed E-state index contributed by atoms with van der Waals surface area (Å²) in [5, 5.41) is 12.1. The fourth-order valence-corrected chi connectivity index (χ4v) is 6.05. The third kappa shape index (κ3) is 3.24. The van der Waals surface area contributed by atoms with Crippen molar-refractivity contribution in [3.63, 3.8) is 0 Å². The Kier molecular flexibility index (Phi) is 4.68. The number of fused-ring (bicyclic) bond motifs is 2. The van der Waals surface area contributed by atoms with Crippen LogP contribution in [-0.4, -0.2) is 34.1 Å². The zero-order chi connectivity index (χ0) is 23.2. The first-order valence-corrected chi connectivity index (χ1v) is 12.5. The van der Waals surface area contributed by atoms with Crippen LogP contribution in [-0.2, 0) is 0 Å². The summed E-state index contributed by atoms with van der Waals surface area (Å²) in [6, 6.07) is 18.4. The molecule has 0 amide bonds. The van der Waals surface area contributed by atoms with E-state index in [0.717, 1.165) is 50.2 Å². The summed E-state index contributed by atoms with van der Waals surface area (Å²) in [5.41, 5.74) is 7.87. The van der Waals surface area contributed by atoms with Crippen molar-refractivity contribution < 1.29 is 0 Å². The molecule has 166 valence electrons. The Morgan fingerprint density at radius 2 is 1.74 bits per heavy atom. The molecule has 0 fully saturated rings. The Hall–Kier alpha value is -4.34. The third-order valence-corrected chi connectivity index (χ3v) is 7.79. The second-order valence-electron chi connectivity index (χ2n) is 7.84. The SMILES string of the molecule is c1ccc(-n2cnc3c(-c4nnccc4-c4cnccn4)c(-c4nsc5sccc45)ccc32)cc1. The van der Waals surface area contributed by atoms with Gasteiger partial charge in [-0.1, -0.05) is 18.2 Å². The minimum atomic E-state index is 0.697. The summed E-state index contributed by atoms with van der Waals surface area (Å²) >= 11 is 3.21. The van der Waals surface area contributed by atoms with Crippen molar-refractivity contribution in [2.45, 2.75) is 0 Å². The zero-order valence-electron chi connectivity index (χ0n) is 18.1. The minimum absolute atomic E-state index is 0.697. The normalized spacial score (nSPS) is 11.4. The highest BCUT2D eigenvalue weighted by atomic mass is 32.2. The summed E-state index contributed by atoms with van der Waals surface area (Å²) in [6.07, 6.45) is 8.61. The van der Waals surface area contributed by atoms with Gasteiger partial charge in [-0.25, -0.2) is 4.98 Å². The molecule has 7 nitrogen and oxygen atoms in total. The molecule has 0 aliphatic carbocycles. The number of hydrogen-bond donors (Lipinski definition) is 0. The first-order valence-electron chi connectivity index (χ1n) is 10.9. The van der Waals surface area contributed by atoms with Crippen molar-refractivity contribution >= 4 is 43.3 Å². The average molecular weight is 490 g/mol. The van der Waals surface area contributed by atoms with E-state index in [-0.39, 0.29) is 0 Å². The molecule has 5 aromatic heterocycles. The van der Waals surface area contributed by atoms with Crippen molar-refractivity contribution in [1.29, 1.82) is 0 Å². The molecule has 0 aliphatic heterocycles. The first-order chi connectivity index (χ1) is 17.4. The molecule has 0 saturated carbocycles. The van der Waals surface area contributed by atoms with E-state index in [9.17, 15) is 0 Å². The Morgan fingerprint density at radius 1 is 0.800 bits per heavy atom. The molecule has 0 radical (unpaired) electrons. The van der Waals surface area contributed by atoms with Gasteiger partial charge in [0.1, 0.15) is 16.0 Å². The van der Waals surface area contributed by atoms with Crippen LogP contribution in [0.3, 0.4) is 0 Å². The first kappa shape index (κ1) is 20.1. The number of imidazole rings is 1. The summed E-state index contributed by atoms with van der Waals surface area (Å²) in [6.45, 7) is 0. The van der Waals surface area contributed by atoms with E-state index in [1.165, 1.54) is 15.5 Å². The monoisotopic (exact) mass is 489 g/mol. The quantitative estimate of drug-likeness (QED) is 0.289. The Labute approximate surface area is 207 Å². The lowest BCUT2D eigenvalue weighted by atomic mass is 9.95. The molecule has 0 N–H and O–H groups in total. The van der Waals surface area contributed by atoms with Gasteiger partial charge in [0.2, 0.25) is 0 Å². The van der Waals surface area contributed by atoms with Gasteiger partial charge in [0.15, 0.2) is 0 Å². The predicted molar refractivity (Wildman–Crippen MR) is 140 cm³/mol. The van der Waals surface area contributed by atoms with Crippen LogP contribution in [0.15, 0.2) is 91.1 Å². The van der Waals surface area contributed by atoms with Crippen molar-refractivity contribution in [3.8, 4) is 39.5 Å². The van der Waals surface area contributed by atoms with Gasteiger partial charge >= 0.3 is 0 Å². The number of rotatable bonds is 4. The molecule has 0 spiro atoms. The van der Waals surface area contributed by atoms with Gasteiger partial charge in [-0.05, 0) is 53.3 Å². The molecule has 9 heteroatoms. The van der Waals surface area contributed by atoms with Crippen molar-refractivity contribution in [1.82, 2.24) is 34.1 Å². The van der Waals surface area contributed by atoms with Crippen molar-refractivity contribution in [2.75, 3.05) is 0 Å². The number of aromatic nitrogens is 7. The smallest absolute Gasteiger partial charge is 0.108 e. The van der Waals surface area contributed by atoms with Crippen LogP contribution in [0, 0.1) is 0 Å². The van der Waals surface area contributed by atoms with E-state index in [2.05, 4.69) is 60.4 Å². The van der Waals surface area contributed by atoms with Gasteiger partial charge in [0, 0.05) is 40.2 Å². The molecule has 0 bridgehead atoms. The van der Waals surface area contributed by atoms with E-state index in [1.54, 1.807) is 36.1 Å². The number of hydrogen-bond acceptors (Lipinski definition) is 8. The van der Waals surface area contributed by atoms with Gasteiger partial charge in [-0.3, -0.25) is 14.5 Å². The van der Waals surface area contributed by atoms with Gasteiger partial charge in [0.25, 0.3) is 0 Å². The summed E-state index contributed by atoms with van der Waals surface area (Å²) in [5.74, 6) is 0. The summed E-state index contributed by atoms with van der Waals surface area (Å²) in [7, 11) is 0. The largest absolute Gasteiger partial charge is 0.299 e. The highest BCUT2D eigenvalue weighted by molar-refractivity contribution is 7.35. The standard InChI is InChI=1S/C26H15N7S2/c1-2-4-16(5-3-1)33-15-29-25-21(33)7-6-18(23-19-9-13-34-26(19)35-32-23)22(25)24-17(8-10-30-31-24)20-14-27-11-12-28-20/h1-15H. The molecule has 0 unspecified atom stereocenters. The fourth-order valence-electron chi connectivity index (χ4n) is 4.35. The second kappa shape index (κ2) is 8.15. The van der Waals surface area contributed by atoms with Crippen LogP contribution < -0.4 is 0 Å². The van der Waals surface area contributed by atoms with E-state index < -0.39 is 0 Å². The summed E-state index contributed by atoms with van der Waals surface area (Å²) < 4.78 is 8.10. The van der Waals surface area contributed by atoms with Gasteiger partial charge in [-0.2, -0.15) is 9.47 Å². The average Bonchev–Trinajstić information content (AvgIpc) is 3.65. The molecule has 35 heavy (non-hydrogen) atoms. The van der Waals surface area contributed by atoms with E-state index in [0.29, 0.717) is 5.69 Å². The van der Waals surface area contributed by atoms with E-state index in [1.807, 2.05) is 30.6 Å². The molecular weight excluding hydrogens is 474 g/mol. The van der Waals surface area contributed by atoms with Crippen molar-refractivity contribution in [3.05, 3.63) is 91.1 Å². The van der Waals surface area contributed by atoms with Crippen molar-refractivity contribution in [2.24, 2.45) is 0 Å². The van der Waals surface area contributed by atoms with Crippen LogP contribution >= 0.6 is 22.9 Å². The molecule has 7 rings (SSSR count). The summed E-state index contributed by atoms with van der Waals surface area (Å²) in [4.78, 5) is 13.7. The maximum absolute atomic E-state index is 4.88. The van der Waals surface area contributed by atoms with E-state index >= 15 is 0 Å². The van der Waals surface area contributed by atoms with Crippen LogP contribution in [0.25, 0.3) is 59.9 Å². The minimum Gasteiger partial charge on any atom is -0.299 e. The van der Waals surface area contributed by atoms with Crippen LogP contribution in [0.2, 0.25) is 0 Å². The van der Waals surface area contributed by atoms with Crippen LogP contribution in [0.5, 0.6) is 0 Å². The van der Waals surface area contributed by atoms with Gasteiger partial charge in [-0.15, -0.1) is 16.4 Å². The maximum atomic E-state index is 4.88. The third-order valence-electron chi connectivity index (χ3n) is 5.91. The Balaban J connectivity index is 1.57. The lowest BCUT2D eigenvalue weighted by Gasteiger charge is -2.13. The molecule has 7 aromatic rings. The second-order valence-corrected chi connectivity index (χ2v) is 9.79. The van der Waals surface area contributed by atoms with Gasteiger partial charge < -0.3 is 0 Å². The maximum Gasteiger partial charge on any atom is 0.108 e. The number of nitrogens with zero attached hydrogens (tertiary/aromatic N) is 7. The predicted octanol–water partition coefficient (Wildman–Crippen LogP) is 6.28.